The molecule has 0 radical (unpaired) electrons. The van der Waals surface area contributed by atoms with Gasteiger partial charge in [-0.2, -0.15) is 0 Å². The zero-order valence-corrected chi connectivity index (χ0v) is 13.6. The van der Waals surface area contributed by atoms with Crippen LogP contribution < -0.4 is 5.32 Å². The van der Waals surface area contributed by atoms with Crippen molar-refractivity contribution in [2.75, 3.05) is 19.6 Å². The predicted molar refractivity (Wildman–Crippen MR) is 84.3 cm³/mol. The number of amides is 1. The molecule has 0 saturated carbocycles. The zero-order valence-electron chi connectivity index (χ0n) is 13.6. The topological polar surface area (TPSA) is 53.9 Å². The van der Waals surface area contributed by atoms with E-state index in [9.17, 15) is 4.79 Å². The Kier molecular flexibility index (Phi) is 6.03. The number of likely N-dealkylation sites (tertiary alicyclic amines) is 1. The van der Waals surface area contributed by atoms with E-state index in [0.29, 0.717) is 24.9 Å². The standard InChI is InChI=1S/C16H29N3O2/c1-4-14-10-15(21-18-14)11-17-16(20)9-13-5-7-19(8-6-13)12(2)3/h12-13,15H,4-11H2,1-3H3,(H,17,20)/t15-/m0/s1. The van der Waals surface area contributed by atoms with Crippen LogP contribution in [0.1, 0.15) is 52.9 Å². The first-order chi connectivity index (χ1) is 10.1. The molecule has 2 aliphatic heterocycles. The highest BCUT2D eigenvalue weighted by molar-refractivity contribution is 5.85. The molecule has 2 rings (SSSR count). The van der Waals surface area contributed by atoms with Gasteiger partial charge in [-0.05, 0) is 52.1 Å². The number of hydrogen-bond donors (Lipinski definition) is 1. The van der Waals surface area contributed by atoms with E-state index in [1.165, 1.54) is 0 Å². The number of carbonyl (C=O) groups excluding carboxylic acids is 1. The van der Waals surface area contributed by atoms with E-state index in [1.807, 2.05) is 0 Å². The summed E-state index contributed by atoms with van der Waals surface area (Å²) in [6, 6.07) is 0.618. The number of nitrogens with zero attached hydrogens (tertiary/aromatic N) is 2. The van der Waals surface area contributed by atoms with Crippen LogP contribution >= 0.6 is 0 Å². The summed E-state index contributed by atoms with van der Waals surface area (Å²) in [5.41, 5.74) is 1.09. The van der Waals surface area contributed by atoms with E-state index >= 15 is 0 Å². The number of oxime groups is 1. The third kappa shape index (κ3) is 4.99. The van der Waals surface area contributed by atoms with Crippen molar-refractivity contribution in [3.05, 3.63) is 0 Å². The second-order valence-electron chi connectivity index (χ2n) is 6.52. The summed E-state index contributed by atoms with van der Waals surface area (Å²) in [5, 5.41) is 7.01. The minimum atomic E-state index is 0.0340. The predicted octanol–water partition coefficient (Wildman–Crippen LogP) is 2.17. The second-order valence-corrected chi connectivity index (χ2v) is 6.52. The van der Waals surface area contributed by atoms with Gasteiger partial charge in [0.2, 0.25) is 5.91 Å². The fraction of sp³-hybridized carbons (Fsp3) is 0.875. The molecule has 0 aromatic carbocycles. The Morgan fingerprint density at radius 3 is 2.71 bits per heavy atom. The van der Waals surface area contributed by atoms with Crippen molar-refractivity contribution < 1.29 is 9.63 Å². The highest BCUT2D eigenvalue weighted by Gasteiger charge is 2.24. The number of hydrogen-bond acceptors (Lipinski definition) is 4. The van der Waals surface area contributed by atoms with Gasteiger partial charge in [-0.3, -0.25) is 4.79 Å². The molecule has 0 aromatic heterocycles. The van der Waals surface area contributed by atoms with Crippen molar-refractivity contribution in [1.82, 2.24) is 10.2 Å². The molecule has 1 amide bonds. The van der Waals surface area contributed by atoms with Crippen LogP contribution in [0.5, 0.6) is 0 Å². The van der Waals surface area contributed by atoms with Crippen molar-refractivity contribution in [3.63, 3.8) is 0 Å². The van der Waals surface area contributed by atoms with E-state index in [4.69, 9.17) is 4.84 Å². The van der Waals surface area contributed by atoms with Gasteiger partial charge in [0, 0.05) is 18.9 Å². The average Bonchev–Trinajstić information content (AvgIpc) is 2.94. The average molecular weight is 295 g/mol. The summed E-state index contributed by atoms with van der Waals surface area (Å²) in [5.74, 6) is 0.693. The molecule has 1 saturated heterocycles. The van der Waals surface area contributed by atoms with Gasteiger partial charge in [-0.15, -0.1) is 0 Å². The summed E-state index contributed by atoms with van der Waals surface area (Å²) in [7, 11) is 0. The minimum absolute atomic E-state index is 0.0340. The first kappa shape index (κ1) is 16.3. The van der Waals surface area contributed by atoms with Crippen LogP contribution in [-0.2, 0) is 9.63 Å². The molecule has 1 fully saturated rings. The van der Waals surface area contributed by atoms with Crippen LogP contribution in [0.15, 0.2) is 5.16 Å². The molecule has 0 aromatic rings. The molecule has 21 heavy (non-hydrogen) atoms. The van der Waals surface area contributed by atoms with Gasteiger partial charge in [-0.1, -0.05) is 12.1 Å². The molecular formula is C16H29N3O2. The number of nitrogens with one attached hydrogen (secondary N) is 1. The lowest BCUT2D eigenvalue weighted by Crippen LogP contribution is -2.40. The molecular weight excluding hydrogens is 266 g/mol. The van der Waals surface area contributed by atoms with Gasteiger partial charge in [0.15, 0.2) is 0 Å². The van der Waals surface area contributed by atoms with Gasteiger partial charge in [0.1, 0.15) is 6.10 Å². The fourth-order valence-electron chi connectivity index (χ4n) is 3.04. The highest BCUT2D eigenvalue weighted by atomic mass is 16.6. The van der Waals surface area contributed by atoms with Gasteiger partial charge in [0.25, 0.3) is 0 Å². The molecule has 0 spiro atoms. The van der Waals surface area contributed by atoms with Gasteiger partial charge < -0.3 is 15.1 Å². The van der Waals surface area contributed by atoms with Crippen molar-refractivity contribution in [3.8, 4) is 0 Å². The van der Waals surface area contributed by atoms with Crippen molar-refractivity contribution >= 4 is 11.6 Å². The Morgan fingerprint density at radius 1 is 1.43 bits per heavy atom. The Labute approximate surface area is 128 Å². The lowest BCUT2D eigenvalue weighted by Gasteiger charge is -2.34. The Hall–Kier alpha value is -1.10. The highest BCUT2D eigenvalue weighted by Crippen LogP contribution is 2.21. The van der Waals surface area contributed by atoms with Crippen LogP contribution in [0.2, 0.25) is 0 Å². The number of rotatable bonds is 6. The summed E-state index contributed by atoms with van der Waals surface area (Å²) >= 11 is 0. The van der Waals surface area contributed by atoms with E-state index < -0.39 is 0 Å². The Balaban J connectivity index is 1.60. The maximum absolute atomic E-state index is 12.0. The van der Waals surface area contributed by atoms with Crippen LogP contribution in [0.3, 0.4) is 0 Å². The molecule has 5 heteroatoms. The van der Waals surface area contributed by atoms with Gasteiger partial charge in [0.05, 0.1) is 12.3 Å². The van der Waals surface area contributed by atoms with Crippen molar-refractivity contribution in [2.45, 2.75) is 65.0 Å². The van der Waals surface area contributed by atoms with E-state index in [2.05, 4.69) is 36.1 Å². The summed E-state index contributed by atoms with van der Waals surface area (Å²) in [6.45, 7) is 9.37. The maximum Gasteiger partial charge on any atom is 0.220 e. The maximum atomic E-state index is 12.0. The first-order valence-corrected chi connectivity index (χ1v) is 8.30. The van der Waals surface area contributed by atoms with Crippen molar-refractivity contribution in [2.24, 2.45) is 11.1 Å². The van der Waals surface area contributed by atoms with Gasteiger partial charge >= 0.3 is 0 Å². The largest absolute Gasteiger partial charge is 0.390 e. The SMILES string of the molecule is CCC1=NO[C@H](CNC(=O)CC2CCN(C(C)C)CC2)C1. The smallest absolute Gasteiger partial charge is 0.220 e. The molecule has 1 atom stereocenters. The molecule has 0 bridgehead atoms. The van der Waals surface area contributed by atoms with Crippen LogP contribution in [0.25, 0.3) is 0 Å². The number of carbonyl (C=O) groups is 1. The molecule has 120 valence electrons. The summed E-state index contributed by atoms with van der Waals surface area (Å²) < 4.78 is 0. The lowest BCUT2D eigenvalue weighted by atomic mass is 9.92. The van der Waals surface area contributed by atoms with E-state index in [1.54, 1.807) is 0 Å². The summed E-state index contributed by atoms with van der Waals surface area (Å²) in [4.78, 5) is 19.8. The van der Waals surface area contributed by atoms with Crippen molar-refractivity contribution in [1.29, 1.82) is 0 Å². The Morgan fingerprint density at radius 2 is 2.14 bits per heavy atom. The Bertz CT molecular complexity index is 374. The molecule has 1 N–H and O–H groups in total. The molecule has 2 aliphatic rings. The monoisotopic (exact) mass is 295 g/mol. The van der Waals surface area contributed by atoms with E-state index in [-0.39, 0.29) is 12.0 Å². The van der Waals surface area contributed by atoms with Crippen LogP contribution in [0.4, 0.5) is 0 Å². The quantitative estimate of drug-likeness (QED) is 0.817. The second kappa shape index (κ2) is 7.78. The molecule has 5 nitrogen and oxygen atoms in total. The fourth-order valence-corrected chi connectivity index (χ4v) is 3.04. The van der Waals surface area contributed by atoms with Gasteiger partial charge in [-0.25, -0.2) is 0 Å². The third-order valence-corrected chi connectivity index (χ3v) is 4.58. The molecule has 2 heterocycles. The summed E-state index contributed by atoms with van der Waals surface area (Å²) in [6.07, 6.45) is 4.73. The zero-order chi connectivity index (χ0) is 15.2. The van der Waals surface area contributed by atoms with E-state index in [0.717, 1.165) is 44.5 Å². The molecule has 0 aliphatic carbocycles. The molecule has 0 unspecified atom stereocenters. The number of piperidine rings is 1. The minimum Gasteiger partial charge on any atom is -0.390 e. The van der Waals surface area contributed by atoms with Crippen LogP contribution in [0, 0.1) is 5.92 Å². The van der Waals surface area contributed by atoms with Crippen LogP contribution in [-0.4, -0.2) is 48.3 Å². The first-order valence-electron chi connectivity index (χ1n) is 8.30. The normalized spacial score (nSPS) is 24.0. The third-order valence-electron chi connectivity index (χ3n) is 4.58. The lowest BCUT2D eigenvalue weighted by molar-refractivity contribution is -0.123.